The SMILES string of the molecule is CC(C)CCCCCCCCCCC(O)CC(=O)NCC(=O)OC(C)(C)C. The molecule has 0 aromatic heterocycles. The first-order valence-corrected chi connectivity index (χ1v) is 10.8. The zero-order valence-electron chi connectivity index (χ0n) is 18.3. The highest BCUT2D eigenvalue weighted by molar-refractivity contribution is 5.82. The number of hydrogen-bond donors (Lipinski definition) is 2. The fourth-order valence-electron chi connectivity index (χ4n) is 2.93. The number of aliphatic hydroxyl groups excluding tert-OH is 1. The van der Waals surface area contributed by atoms with E-state index in [9.17, 15) is 14.7 Å². The van der Waals surface area contributed by atoms with Crippen molar-refractivity contribution >= 4 is 11.9 Å². The first kappa shape index (κ1) is 25.9. The third kappa shape index (κ3) is 19.5. The van der Waals surface area contributed by atoms with E-state index < -0.39 is 17.7 Å². The predicted octanol–water partition coefficient (Wildman–Crippen LogP) is 4.75. The zero-order valence-corrected chi connectivity index (χ0v) is 18.3. The molecule has 2 N–H and O–H groups in total. The van der Waals surface area contributed by atoms with Crippen molar-refractivity contribution in [3.63, 3.8) is 0 Å². The molecule has 0 saturated heterocycles. The molecular formula is C22H43NO4. The zero-order chi connectivity index (χ0) is 20.7. The molecule has 0 fully saturated rings. The fourth-order valence-corrected chi connectivity index (χ4v) is 2.93. The molecular weight excluding hydrogens is 342 g/mol. The van der Waals surface area contributed by atoms with Crippen molar-refractivity contribution in [3.8, 4) is 0 Å². The van der Waals surface area contributed by atoms with Crippen LogP contribution in [0.4, 0.5) is 0 Å². The van der Waals surface area contributed by atoms with Crippen molar-refractivity contribution in [2.45, 2.75) is 117 Å². The van der Waals surface area contributed by atoms with Crippen molar-refractivity contribution in [3.05, 3.63) is 0 Å². The molecule has 0 bridgehead atoms. The number of ether oxygens (including phenoxy) is 1. The molecule has 1 atom stereocenters. The third-order valence-corrected chi connectivity index (χ3v) is 4.34. The lowest BCUT2D eigenvalue weighted by Gasteiger charge is -2.19. The summed E-state index contributed by atoms with van der Waals surface area (Å²) in [6, 6.07) is 0. The van der Waals surface area contributed by atoms with Gasteiger partial charge in [0.1, 0.15) is 12.1 Å². The highest BCUT2D eigenvalue weighted by Gasteiger charge is 2.17. The van der Waals surface area contributed by atoms with Gasteiger partial charge >= 0.3 is 5.97 Å². The summed E-state index contributed by atoms with van der Waals surface area (Å²) in [7, 11) is 0. The smallest absolute Gasteiger partial charge is 0.325 e. The Kier molecular flexibility index (Phi) is 14.3. The molecule has 0 aromatic carbocycles. The van der Waals surface area contributed by atoms with E-state index >= 15 is 0 Å². The molecule has 0 aliphatic rings. The van der Waals surface area contributed by atoms with Gasteiger partial charge in [0.25, 0.3) is 0 Å². The molecule has 1 unspecified atom stereocenters. The Bertz CT molecular complexity index is 402. The van der Waals surface area contributed by atoms with E-state index in [1.807, 2.05) is 0 Å². The minimum atomic E-state index is -0.639. The third-order valence-electron chi connectivity index (χ3n) is 4.34. The van der Waals surface area contributed by atoms with Crippen LogP contribution in [-0.2, 0) is 14.3 Å². The molecule has 0 heterocycles. The van der Waals surface area contributed by atoms with Gasteiger partial charge < -0.3 is 15.2 Å². The van der Waals surface area contributed by atoms with Crippen LogP contribution in [0.3, 0.4) is 0 Å². The first-order valence-electron chi connectivity index (χ1n) is 10.8. The molecule has 0 aliphatic heterocycles. The second kappa shape index (κ2) is 14.9. The molecule has 5 nitrogen and oxygen atoms in total. The van der Waals surface area contributed by atoms with Crippen LogP contribution in [0.5, 0.6) is 0 Å². The number of esters is 1. The van der Waals surface area contributed by atoms with Gasteiger partial charge in [0.2, 0.25) is 5.91 Å². The molecule has 0 radical (unpaired) electrons. The standard InChI is InChI=1S/C22H43NO4/c1-18(2)14-12-10-8-6-7-9-11-13-15-19(24)16-20(25)23-17-21(26)27-22(3,4)5/h18-19,24H,6-17H2,1-5H3,(H,23,25). The van der Waals surface area contributed by atoms with Crippen molar-refractivity contribution in [2.24, 2.45) is 5.92 Å². The first-order chi connectivity index (χ1) is 12.6. The number of rotatable bonds is 15. The van der Waals surface area contributed by atoms with Crippen molar-refractivity contribution < 1.29 is 19.4 Å². The van der Waals surface area contributed by atoms with Crippen LogP contribution < -0.4 is 5.32 Å². The molecule has 0 aromatic rings. The molecule has 1 amide bonds. The molecule has 0 rings (SSSR count). The predicted molar refractivity (Wildman–Crippen MR) is 110 cm³/mol. The molecule has 0 spiro atoms. The summed E-state index contributed by atoms with van der Waals surface area (Å²) in [5, 5.41) is 12.4. The number of carbonyl (C=O) groups excluding carboxylic acids is 2. The lowest BCUT2D eigenvalue weighted by molar-refractivity contribution is -0.154. The van der Waals surface area contributed by atoms with E-state index in [0.29, 0.717) is 6.42 Å². The van der Waals surface area contributed by atoms with Gasteiger partial charge in [-0.05, 0) is 33.1 Å². The normalized spacial score (nSPS) is 12.9. The molecule has 5 heteroatoms. The second-order valence-electron chi connectivity index (χ2n) is 9.02. The minimum Gasteiger partial charge on any atom is -0.459 e. The summed E-state index contributed by atoms with van der Waals surface area (Å²) in [6.07, 6.45) is 11.2. The topological polar surface area (TPSA) is 75.6 Å². The maximum absolute atomic E-state index is 11.7. The molecule has 0 saturated carbocycles. The summed E-state index contributed by atoms with van der Waals surface area (Å²) in [4.78, 5) is 23.3. The van der Waals surface area contributed by atoms with Crippen molar-refractivity contribution in [2.75, 3.05) is 6.54 Å². The highest BCUT2D eigenvalue weighted by atomic mass is 16.6. The van der Waals surface area contributed by atoms with Crippen molar-refractivity contribution in [1.29, 1.82) is 0 Å². The van der Waals surface area contributed by atoms with E-state index in [-0.39, 0.29) is 18.9 Å². The number of hydrogen-bond acceptors (Lipinski definition) is 4. The maximum atomic E-state index is 11.7. The summed E-state index contributed by atoms with van der Waals surface area (Å²) >= 11 is 0. The Hall–Kier alpha value is -1.10. The average Bonchev–Trinajstić information content (AvgIpc) is 2.52. The van der Waals surface area contributed by atoms with Gasteiger partial charge in [-0.25, -0.2) is 0 Å². The van der Waals surface area contributed by atoms with E-state index in [2.05, 4.69) is 19.2 Å². The van der Waals surface area contributed by atoms with Gasteiger partial charge in [-0.3, -0.25) is 9.59 Å². The summed E-state index contributed by atoms with van der Waals surface area (Å²) in [5.74, 6) is 0.0418. The lowest BCUT2D eigenvalue weighted by atomic mass is 10.0. The number of carbonyl (C=O) groups is 2. The molecule has 160 valence electrons. The number of amides is 1. The Morgan fingerprint density at radius 1 is 0.889 bits per heavy atom. The Morgan fingerprint density at radius 2 is 1.37 bits per heavy atom. The Morgan fingerprint density at radius 3 is 1.85 bits per heavy atom. The summed E-state index contributed by atoms with van der Waals surface area (Å²) < 4.78 is 5.12. The highest BCUT2D eigenvalue weighted by Crippen LogP contribution is 2.14. The van der Waals surface area contributed by atoms with Crippen molar-refractivity contribution in [1.82, 2.24) is 5.32 Å². The maximum Gasteiger partial charge on any atom is 0.325 e. The fraction of sp³-hybridized carbons (Fsp3) is 0.909. The number of aliphatic hydroxyl groups is 1. The number of nitrogens with one attached hydrogen (secondary N) is 1. The second-order valence-corrected chi connectivity index (χ2v) is 9.02. The van der Waals surface area contributed by atoms with Crippen LogP contribution in [0.1, 0.15) is 105 Å². The quantitative estimate of drug-likeness (QED) is 0.315. The Labute approximate surface area is 166 Å². The Balaban J connectivity index is 3.53. The van der Waals surface area contributed by atoms with Gasteiger partial charge in [-0.15, -0.1) is 0 Å². The summed E-state index contributed by atoms with van der Waals surface area (Å²) in [5.41, 5.74) is -0.560. The van der Waals surface area contributed by atoms with Gasteiger partial charge in [0, 0.05) is 0 Å². The molecule has 0 aliphatic carbocycles. The van der Waals surface area contributed by atoms with E-state index in [1.165, 1.54) is 44.9 Å². The van der Waals surface area contributed by atoms with Crippen LogP contribution in [-0.4, -0.2) is 35.2 Å². The lowest BCUT2D eigenvalue weighted by Crippen LogP contribution is -2.35. The minimum absolute atomic E-state index is 0.0403. The van der Waals surface area contributed by atoms with E-state index in [1.54, 1.807) is 20.8 Å². The van der Waals surface area contributed by atoms with Crippen LogP contribution in [0.15, 0.2) is 0 Å². The largest absolute Gasteiger partial charge is 0.459 e. The van der Waals surface area contributed by atoms with Crippen LogP contribution in [0.25, 0.3) is 0 Å². The van der Waals surface area contributed by atoms with Crippen LogP contribution in [0.2, 0.25) is 0 Å². The summed E-state index contributed by atoms with van der Waals surface area (Å²) in [6.45, 7) is 9.74. The van der Waals surface area contributed by atoms with Gasteiger partial charge in [-0.1, -0.05) is 71.6 Å². The van der Waals surface area contributed by atoms with Crippen LogP contribution in [0, 0.1) is 5.92 Å². The van der Waals surface area contributed by atoms with Gasteiger partial charge in [-0.2, -0.15) is 0 Å². The van der Waals surface area contributed by atoms with Gasteiger partial charge in [0.05, 0.1) is 12.5 Å². The van der Waals surface area contributed by atoms with E-state index in [0.717, 1.165) is 18.8 Å². The average molecular weight is 386 g/mol. The monoisotopic (exact) mass is 385 g/mol. The number of unbranched alkanes of at least 4 members (excludes halogenated alkanes) is 7. The van der Waals surface area contributed by atoms with Gasteiger partial charge in [0.15, 0.2) is 0 Å². The molecule has 27 heavy (non-hydrogen) atoms. The van der Waals surface area contributed by atoms with E-state index in [4.69, 9.17) is 4.74 Å². The van der Waals surface area contributed by atoms with Crippen LogP contribution >= 0.6 is 0 Å².